The number of hydrogen-bond acceptors (Lipinski definition) is 3. The van der Waals surface area contributed by atoms with Crippen LogP contribution in [0, 0.1) is 0 Å². The molecule has 0 bridgehead atoms. The first kappa shape index (κ1) is 20.7. The van der Waals surface area contributed by atoms with Gasteiger partial charge in [0.25, 0.3) is 5.91 Å². The molecule has 1 fully saturated rings. The van der Waals surface area contributed by atoms with Gasteiger partial charge in [-0.05, 0) is 46.6 Å². The normalized spacial score (nSPS) is 15.0. The number of carbonyl (C=O) groups excluding carboxylic acids is 1. The first-order valence-electron chi connectivity index (χ1n) is 8.96. The maximum Gasteiger partial charge on any atom is 0.416 e. The van der Waals surface area contributed by atoms with Gasteiger partial charge in [0.05, 0.1) is 18.8 Å². The third kappa shape index (κ3) is 4.70. The molecule has 1 N–H and O–H groups in total. The molecule has 28 heavy (non-hydrogen) atoms. The van der Waals surface area contributed by atoms with Gasteiger partial charge in [-0.1, -0.05) is 6.07 Å². The molecule has 0 unspecified atom stereocenters. The lowest BCUT2D eigenvalue weighted by Gasteiger charge is -2.29. The Kier molecular flexibility index (Phi) is 6.34. The Bertz CT molecular complexity index is 845. The van der Waals surface area contributed by atoms with Crippen molar-refractivity contribution in [2.24, 2.45) is 0 Å². The topological polar surface area (TPSA) is 46.5 Å². The van der Waals surface area contributed by atoms with Gasteiger partial charge >= 0.3 is 6.18 Å². The van der Waals surface area contributed by atoms with Crippen LogP contribution >= 0.6 is 15.9 Å². The molecule has 0 atom stereocenters. The number of carbonyl (C=O) groups is 1. The fraction of sp³-hybridized carbons (Fsp3) is 0.421. The summed E-state index contributed by atoms with van der Waals surface area (Å²) in [5.74, 6) is -0.419. The molecule has 152 valence electrons. The first-order valence-corrected chi connectivity index (χ1v) is 9.75. The fourth-order valence-electron chi connectivity index (χ4n) is 3.19. The molecule has 2 aromatic rings. The molecule has 1 aromatic carbocycles. The van der Waals surface area contributed by atoms with E-state index in [9.17, 15) is 18.0 Å². The molecule has 3 rings (SSSR count). The lowest BCUT2D eigenvalue weighted by Crippen LogP contribution is -2.36. The van der Waals surface area contributed by atoms with Gasteiger partial charge < -0.3 is 19.5 Å². The summed E-state index contributed by atoms with van der Waals surface area (Å²) in [5, 5.41) is 2.60. The quantitative estimate of drug-likeness (QED) is 0.733. The Morgan fingerprint density at radius 1 is 1.25 bits per heavy atom. The van der Waals surface area contributed by atoms with Crippen molar-refractivity contribution in [1.82, 2.24) is 9.88 Å². The van der Waals surface area contributed by atoms with Crippen molar-refractivity contribution in [3.05, 3.63) is 51.8 Å². The number of halogens is 4. The van der Waals surface area contributed by atoms with Crippen LogP contribution in [0.15, 0.2) is 34.9 Å². The second-order valence-corrected chi connectivity index (χ2v) is 7.37. The average molecular weight is 460 g/mol. The van der Waals surface area contributed by atoms with Crippen molar-refractivity contribution < 1.29 is 22.7 Å². The number of anilines is 1. The van der Waals surface area contributed by atoms with E-state index in [-0.39, 0.29) is 12.1 Å². The standard InChI is InChI=1S/C19H21BrF3N3O2/c1-2-25-12-14(20)9-17(25)18(27)24-11-13-3-4-15(10-16(13)19(21,22)23)26-5-7-28-8-6-26/h3-4,9-10,12H,2,5-8,11H2,1H3,(H,24,27). The van der Waals surface area contributed by atoms with Crippen LogP contribution in [0.3, 0.4) is 0 Å². The molecule has 0 aliphatic carbocycles. The zero-order valence-electron chi connectivity index (χ0n) is 15.4. The molecule has 0 saturated carbocycles. The predicted octanol–water partition coefficient (Wildman–Crippen LogP) is 4.06. The minimum atomic E-state index is -4.50. The SMILES string of the molecule is CCn1cc(Br)cc1C(=O)NCc1ccc(N2CCOCC2)cc1C(F)(F)F. The van der Waals surface area contributed by atoms with Crippen LogP contribution in [-0.4, -0.2) is 36.8 Å². The molecule has 0 spiro atoms. The fourth-order valence-corrected chi connectivity index (χ4v) is 3.66. The molecule has 2 heterocycles. The Balaban J connectivity index is 1.79. The van der Waals surface area contributed by atoms with E-state index >= 15 is 0 Å². The van der Waals surface area contributed by atoms with Crippen molar-refractivity contribution in [2.75, 3.05) is 31.2 Å². The van der Waals surface area contributed by atoms with Crippen LogP contribution < -0.4 is 10.2 Å². The van der Waals surface area contributed by atoms with Gasteiger partial charge in [-0.3, -0.25) is 4.79 Å². The van der Waals surface area contributed by atoms with Gasteiger partial charge in [-0.15, -0.1) is 0 Å². The lowest BCUT2D eigenvalue weighted by atomic mass is 10.0. The summed E-state index contributed by atoms with van der Waals surface area (Å²) in [6, 6.07) is 5.89. The number of nitrogens with zero attached hydrogens (tertiary/aromatic N) is 2. The van der Waals surface area contributed by atoms with Gasteiger partial charge in [0, 0.05) is 42.5 Å². The highest BCUT2D eigenvalue weighted by Gasteiger charge is 2.34. The summed E-state index contributed by atoms with van der Waals surface area (Å²) in [5.41, 5.74) is 0.206. The van der Waals surface area contributed by atoms with Gasteiger partial charge in [-0.2, -0.15) is 13.2 Å². The largest absolute Gasteiger partial charge is 0.416 e. The third-order valence-corrected chi connectivity index (χ3v) is 5.08. The van der Waals surface area contributed by atoms with E-state index in [0.29, 0.717) is 44.2 Å². The average Bonchev–Trinajstić information content (AvgIpc) is 3.07. The number of morpholine rings is 1. The van der Waals surface area contributed by atoms with Crippen LogP contribution in [0.5, 0.6) is 0 Å². The molecule has 5 nitrogen and oxygen atoms in total. The highest BCUT2D eigenvalue weighted by atomic mass is 79.9. The second kappa shape index (κ2) is 8.57. The van der Waals surface area contributed by atoms with E-state index in [1.54, 1.807) is 22.9 Å². The van der Waals surface area contributed by atoms with Crippen LogP contribution in [0.1, 0.15) is 28.5 Å². The highest BCUT2D eigenvalue weighted by Crippen LogP contribution is 2.35. The lowest BCUT2D eigenvalue weighted by molar-refractivity contribution is -0.138. The van der Waals surface area contributed by atoms with E-state index in [0.717, 1.165) is 10.5 Å². The maximum atomic E-state index is 13.6. The predicted molar refractivity (Wildman–Crippen MR) is 103 cm³/mol. The van der Waals surface area contributed by atoms with E-state index in [4.69, 9.17) is 4.74 Å². The minimum absolute atomic E-state index is 0.0338. The van der Waals surface area contributed by atoms with E-state index < -0.39 is 17.6 Å². The number of ether oxygens (including phenoxy) is 1. The zero-order chi connectivity index (χ0) is 20.3. The number of aryl methyl sites for hydroxylation is 1. The molecule has 1 aromatic heterocycles. The minimum Gasteiger partial charge on any atom is -0.378 e. The molecule has 1 saturated heterocycles. The van der Waals surface area contributed by atoms with Crippen molar-refractivity contribution in [3.63, 3.8) is 0 Å². The molecule has 1 aliphatic heterocycles. The zero-order valence-corrected chi connectivity index (χ0v) is 16.9. The molecule has 0 radical (unpaired) electrons. The number of nitrogens with one attached hydrogen (secondary N) is 1. The summed E-state index contributed by atoms with van der Waals surface area (Å²) in [4.78, 5) is 14.3. The number of alkyl halides is 3. The number of amides is 1. The Morgan fingerprint density at radius 3 is 2.61 bits per heavy atom. The summed E-state index contributed by atoms with van der Waals surface area (Å²) < 4.78 is 48.5. The van der Waals surface area contributed by atoms with Crippen molar-refractivity contribution in [3.8, 4) is 0 Å². The molecule has 1 amide bonds. The van der Waals surface area contributed by atoms with Crippen molar-refractivity contribution in [2.45, 2.75) is 26.2 Å². The Hall–Kier alpha value is -2.00. The van der Waals surface area contributed by atoms with Crippen molar-refractivity contribution >= 4 is 27.5 Å². The van der Waals surface area contributed by atoms with E-state index in [1.165, 1.54) is 6.07 Å². The van der Waals surface area contributed by atoms with E-state index in [1.807, 2.05) is 11.8 Å². The van der Waals surface area contributed by atoms with Gasteiger partial charge in [-0.25, -0.2) is 0 Å². The van der Waals surface area contributed by atoms with Crippen LogP contribution in [0.2, 0.25) is 0 Å². The summed E-state index contributed by atoms with van der Waals surface area (Å²) in [7, 11) is 0. The third-order valence-electron chi connectivity index (χ3n) is 4.65. The first-order chi connectivity index (χ1) is 13.3. The Labute approximate surface area is 169 Å². The second-order valence-electron chi connectivity index (χ2n) is 6.45. The van der Waals surface area contributed by atoms with Gasteiger partial charge in [0.2, 0.25) is 0 Å². The number of hydrogen-bond donors (Lipinski definition) is 1. The van der Waals surface area contributed by atoms with Crippen LogP contribution in [0.25, 0.3) is 0 Å². The number of aromatic nitrogens is 1. The van der Waals surface area contributed by atoms with E-state index in [2.05, 4.69) is 21.2 Å². The monoisotopic (exact) mass is 459 g/mol. The highest BCUT2D eigenvalue weighted by molar-refractivity contribution is 9.10. The summed E-state index contributed by atoms with van der Waals surface area (Å²) >= 11 is 3.31. The molecular formula is C19H21BrF3N3O2. The van der Waals surface area contributed by atoms with Crippen LogP contribution in [0.4, 0.5) is 18.9 Å². The molecule has 1 aliphatic rings. The van der Waals surface area contributed by atoms with Gasteiger partial charge in [0.15, 0.2) is 0 Å². The summed E-state index contributed by atoms with van der Waals surface area (Å²) in [6.07, 6.45) is -2.75. The number of rotatable bonds is 5. The van der Waals surface area contributed by atoms with Gasteiger partial charge in [0.1, 0.15) is 5.69 Å². The molecule has 9 heteroatoms. The van der Waals surface area contributed by atoms with Crippen LogP contribution in [-0.2, 0) is 24.0 Å². The van der Waals surface area contributed by atoms with Crippen molar-refractivity contribution in [1.29, 1.82) is 0 Å². The smallest absolute Gasteiger partial charge is 0.378 e. The number of benzene rings is 1. The summed E-state index contributed by atoms with van der Waals surface area (Å²) in [6.45, 7) is 4.35. The Morgan fingerprint density at radius 2 is 1.96 bits per heavy atom. The maximum absolute atomic E-state index is 13.6. The molecular weight excluding hydrogens is 439 g/mol.